The van der Waals surface area contributed by atoms with Gasteiger partial charge in [-0.3, -0.25) is 4.68 Å². The summed E-state index contributed by atoms with van der Waals surface area (Å²) in [7, 11) is -1.37. The third-order valence-corrected chi connectivity index (χ3v) is 7.69. The highest BCUT2D eigenvalue weighted by Gasteiger charge is 2.14. The molecule has 0 atom stereocenters. The molecule has 0 spiro atoms. The molecule has 0 aliphatic carbocycles. The Morgan fingerprint density at radius 1 is 0.976 bits per heavy atom. The molecule has 0 aliphatic rings. The van der Waals surface area contributed by atoms with Crippen LogP contribution in [0.1, 0.15) is 18.4 Å². The molecule has 3 aromatic carbocycles. The molecule has 2 heterocycles. The van der Waals surface area contributed by atoms with E-state index in [1.807, 2.05) is 53.3 Å². The quantitative estimate of drug-likeness (QED) is 0.200. The van der Waals surface area contributed by atoms with Gasteiger partial charge < -0.3 is 20.5 Å². The van der Waals surface area contributed by atoms with Crippen molar-refractivity contribution in [2.45, 2.75) is 19.4 Å². The number of fused-ring (bicyclic) bond motifs is 2. The largest absolute Gasteiger partial charge is 0.493 e. The number of rotatable bonds is 13. The second-order valence-corrected chi connectivity index (χ2v) is 12.2. The van der Waals surface area contributed by atoms with Gasteiger partial charge in [-0.25, -0.2) is 18.4 Å². The summed E-state index contributed by atoms with van der Waals surface area (Å²) in [4.78, 5) is 9.39. The summed E-state index contributed by atoms with van der Waals surface area (Å²) in [6, 6.07) is 19.9. The highest BCUT2D eigenvalue weighted by Crippen LogP contribution is 2.35. The number of nitrogen functional groups attached to an aromatic ring is 1. The predicted molar refractivity (Wildman–Crippen MR) is 162 cm³/mol. The van der Waals surface area contributed by atoms with Crippen LogP contribution in [-0.4, -0.2) is 67.0 Å². The SMILES string of the molecule is COc1cc2c(N)nc(-c3ccc4c(cnn4Cc4ccccc4)c3)nc2cc1OCCCCNCCS(C)(=O)=O. The summed E-state index contributed by atoms with van der Waals surface area (Å²) in [5, 5.41) is 9.40. The second-order valence-electron chi connectivity index (χ2n) is 9.95. The lowest BCUT2D eigenvalue weighted by Gasteiger charge is -2.13. The zero-order valence-corrected chi connectivity index (χ0v) is 24.0. The molecule has 0 bridgehead atoms. The van der Waals surface area contributed by atoms with Crippen LogP contribution in [0, 0.1) is 0 Å². The Morgan fingerprint density at radius 3 is 2.59 bits per heavy atom. The van der Waals surface area contributed by atoms with Gasteiger partial charge in [0, 0.05) is 35.2 Å². The van der Waals surface area contributed by atoms with Crippen molar-refractivity contribution in [3.63, 3.8) is 0 Å². The van der Waals surface area contributed by atoms with Crippen molar-refractivity contribution >= 4 is 37.5 Å². The number of nitrogens with zero attached hydrogens (tertiary/aromatic N) is 4. The maximum atomic E-state index is 11.2. The Labute approximate surface area is 239 Å². The van der Waals surface area contributed by atoms with E-state index in [-0.39, 0.29) is 5.75 Å². The van der Waals surface area contributed by atoms with Crippen molar-refractivity contribution in [3.8, 4) is 22.9 Å². The first-order chi connectivity index (χ1) is 19.8. The van der Waals surface area contributed by atoms with Gasteiger partial charge in [0.15, 0.2) is 17.3 Å². The number of hydrogen-bond acceptors (Lipinski definition) is 9. The minimum atomic E-state index is -2.95. The Kier molecular flexibility index (Phi) is 8.65. The Hall–Kier alpha value is -4.22. The monoisotopic (exact) mass is 574 g/mol. The molecule has 11 heteroatoms. The van der Waals surface area contributed by atoms with Crippen LogP contribution in [0.15, 0.2) is 66.9 Å². The average molecular weight is 575 g/mol. The number of sulfone groups is 1. The number of ether oxygens (including phenoxy) is 2. The first kappa shape index (κ1) is 28.3. The molecule has 41 heavy (non-hydrogen) atoms. The average Bonchev–Trinajstić information content (AvgIpc) is 3.35. The van der Waals surface area contributed by atoms with Gasteiger partial charge in [0.2, 0.25) is 0 Å². The van der Waals surface area contributed by atoms with Crippen molar-refractivity contribution in [1.29, 1.82) is 0 Å². The fourth-order valence-electron chi connectivity index (χ4n) is 4.59. The molecule has 0 unspecified atom stereocenters. The molecule has 5 rings (SSSR count). The number of benzene rings is 3. The van der Waals surface area contributed by atoms with Gasteiger partial charge in [0.05, 0.1) is 43.2 Å². The van der Waals surface area contributed by atoms with E-state index in [0.29, 0.717) is 53.7 Å². The van der Waals surface area contributed by atoms with Crippen molar-refractivity contribution in [2.24, 2.45) is 0 Å². The van der Waals surface area contributed by atoms with E-state index in [2.05, 4.69) is 27.5 Å². The summed E-state index contributed by atoms with van der Waals surface area (Å²) >= 11 is 0. The number of hydrogen-bond donors (Lipinski definition) is 2. The van der Waals surface area contributed by atoms with Crippen LogP contribution in [-0.2, 0) is 16.4 Å². The number of aromatic nitrogens is 4. The summed E-state index contributed by atoms with van der Waals surface area (Å²) in [6.07, 6.45) is 4.73. The minimum absolute atomic E-state index is 0.135. The van der Waals surface area contributed by atoms with Crippen LogP contribution in [0.2, 0.25) is 0 Å². The molecular formula is C30H34N6O4S. The summed E-state index contributed by atoms with van der Waals surface area (Å²) in [5.74, 6) is 2.14. The zero-order chi connectivity index (χ0) is 28.8. The lowest BCUT2D eigenvalue weighted by Crippen LogP contribution is -2.23. The van der Waals surface area contributed by atoms with E-state index in [1.54, 1.807) is 13.2 Å². The van der Waals surface area contributed by atoms with E-state index in [4.69, 9.17) is 20.2 Å². The number of unbranched alkanes of at least 4 members (excludes halogenated alkanes) is 1. The lowest BCUT2D eigenvalue weighted by atomic mass is 10.1. The van der Waals surface area contributed by atoms with Gasteiger partial charge in [-0.15, -0.1) is 0 Å². The fraction of sp³-hybridized carbons (Fsp3) is 0.300. The van der Waals surface area contributed by atoms with E-state index in [1.165, 1.54) is 11.8 Å². The summed E-state index contributed by atoms with van der Waals surface area (Å²) in [6.45, 7) is 2.33. The maximum Gasteiger partial charge on any atom is 0.163 e. The zero-order valence-electron chi connectivity index (χ0n) is 23.2. The maximum absolute atomic E-state index is 11.2. The van der Waals surface area contributed by atoms with Crippen LogP contribution in [0.4, 0.5) is 5.82 Å². The fourth-order valence-corrected chi connectivity index (χ4v) is 5.10. The third kappa shape index (κ3) is 7.11. The molecule has 3 N–H and O–H groups in total. The van der Waals surface area contributed by atoms with Gasteiger partial charge in [0.25, 0.3) is 0 Å². The summed E-state index contributed by atoms with van der Waals surface area (Å²) in [5.41, 5.74) is 10.1. The van der Waals surface area contributed by atoms with Crippen molar-refractivity contribution in [3.05, 3.63) is 72.4 Å². The van der Waals surface area contributed by atoms with Crippen molar-refractivity contribution < 1.29 is 17.9 Å². The van der Waals surface area contributed by atoms with Crippen molar-refractivity contribution in [2.75, 3.05) is 44.5 Å². The van der Waals surface area contributed by atoms with Gasteiger partial charge in [-0.05, 0) is 49.2 Å². The van der Waals surface area contributed by atoms with Crippen LogP contribution >= 0.6 is 0 Å². The number of methoxy groups -OCH3 is 1. The topological polar surface area (TPSA) is 134 Å². The molecule has 0 radical (unpaired) electrons. The predicted octanol–water partition coefficient (Wildman–Crippen LogP) is 4.08. The van der Waals surface area contributed by atoms with E-state index in [0.717, 1.165) is 35.9 Å². The molecular weight excluding hydrogens is 540 g/mol. The van der Waals surface area contributed by atoms with E-state index in [9.17, 15) is 8.42 Å². The van der Waals surface area contributed by atoms with Gasteiger partial charge >= 0.3 is 0 Å². The van der Waals surface area contributed by atoms with Gasteiger partial charge in [-0.1, -0.05) is 30.3 Å². The lowest BCUT2D eigenvalue weighted by molar-refractivity contribution is 0.286. The van der Waals surface area contributed by atoms with E-state index < -0.39 is 9.84 Å². The first-order valence-corrected chi connectivity index (χ1v) is 15.5. The van der Waals surface area contributed by atoms with Crippen LogP contribution in [0.5, 0.6) is 11.5 Å². The molecule has 0 fully saturated rings. The number of nitrogens with one attached hydrogen (secondary N) is 1. The normalized spacial score (nSPS) is 11.8. The first-order valence-electron chi connectivity index (χ1n) is 13.5. The molecule has 2 aromatic heterocycles. The summed E-state index contributed by atoms with van der Waals surface area (Å²) < 4.78 is 36.0. The second kappa shape index (κ2) is 12.5. The Bertz CT molecular complexity index is 1760. The Balaban J connectivity index is 1.30. The highest BCUT2D eigenvalue weighted by molar-refractivity contribution is 7.90. The van der Waals surface area contributed by atoms with Crippen LogP contribution in [0.3, 0.4) is 0 Å². The number of anilines is 1. The van der Waals surface area contributed by atoms with Crippen molar-refractivity contribution in [1.82, 2.24) is 25.1 Å². The minimum Gasteiger partial charge on any atom is -0.493 e. The molecule has 0 aliphatic heterocycles. The highest BCUT2D eigenvalue weighted by atomic mass is 32.2. The molecule has 10 nitrogen and oxygen atoms in total. The molecule has 0 saturated heterocycles. The smallest absolute Gasteiger partial charge is 0.163 e. The van der Waals surface area contributed by atoms with Crippen LogP contribution < -0.4 is 20.5 Å². The van der Waals surface area contributed by atoms with Gasteiger partial charge in [0.1, 0.15) is 15.7 Å². The van der Waals surface area contributed by atoms with Crippen LogP contribution in [0.25, 0.3) is 33.2 Å². The molecule has 5 aromatic rings. The van der Waals surface area contributed by atoms with Gasteiger partial charge in [-0.2, -0.15) is 5.10 Å². The molecule has 214 valence electrons. The molecule has 0 amide bonds. The number of nitrogens with two attached hydrogens (primary N) is 1. The standard InChI is InChI=1S/C30H34N6O4S/c1-39-27-17-24-25(18-28(27)40-14-7-6-12-32-13-15-41(2,37)38)34-30(35-29(24)31)22-10-11-26-23(16-22)19-33-36(26)20-21-8-4-3-5-9-21/h3-5,8-11,16-19,32H,6-7,12-15,20H2,1-2H3,(H2,31,34,35). The van der Waals surface area contributed by atoms with E-state index >= 15 is 0 Å². The molecule has 0 saturated carbocycles. The third-order valence-electron chi connectivity index (χ3n) is 6.74. The Morgan fingerprint density at radius 2 is 1.80 bits per heavy atom.